The lowest BCUT2D eigenvalue weighted by Gasteiger charge is -2.11. The maximum atomic E-state index is 12.6. The summed E-state index contributed by atoms with van der Waals surface area (Å²) in [5, 5.41) is 3.71. The van der Waals surface area contributed by atoms with Crippen molar-refractivity contribution < 1.29 is 9.53 Å². The molecular formula is C23H18N2O2. The molecule has 0 fully saturated rings. The molecule has 1 aromatic heterocycles. The number of nitrogens with one attached hydrogen (secondary N) is 1. The molecule has 4 rings (SSSR count). The van der Waals surface area contributed by atoms with Crippen molar-refractivity contribution in [3.05, 3.63) is 102 Å². The largest absolute Gasteiger partial charge is 0.488 e. The summed E-state index contributed by atoms with van der Waals surface area (Å²) in [4.78, 5) is 16.9. The first kappa shape index (κ1) is 16.8. The van der Waals surface area contributed by atoms with Gasteiger partial charge >= 0.3 is 0 Å². The lowest BCUT2D eigenvalue weighted by Crippen LogP contribution is -2.11. The number of carbonyl (C=O) groups excluding carboxylic acids is 1. The first-order valence-electron chi connectivity index (χ1n) is 8.71. The first-order chi connectivity index (χ1) is 13.3. The number of rotatable bonds is 5. The molecule has 1 heterocycles. The zero-order valence-electron chi connectivity index (χ0n) is 14.6. The number of amides is 1. The molecule has 0 bridgehead atoms. The van der Waals surface area contributed by atoms with Gasteiger partial charge in [0.05, 0.1) is 5.52 Å². The molecule has 0 saturated carbocycles. The van der Waals surface area contributed by atoms with Crippen molar-refractivity contribution in [1.82, 2.24) is 4.98 Å². The van der Waals surface area contributed by atoms with Gasteiger partial charge in [-0.05, 0) is 42.0 Å². The minimum atomic E-state index is -0.166. The van der Waals surface area contributed by atoms with Crippen LogP contribution in [0.3, 0.4) is 0 Å². The number of para-hydroxylation sites is 1. The highest BCUT2D eigenvalue weighted by Crippen LogP contribution is 2.26. The highest BCUT2D eigenvalue weighted by atomic mass is 16.5. The third-order valence-electron chi connectivity index (χ3n) is 4.23. The van der Waals surface area contributed by atoms with Crippen molar-refractivity contribution >= 4 is 22.5 Å². The Hall–Kier alpha value is -3.66. The predicted octanol–water partition coefficient (Wildman–Crippen LogP) is 5.07. The molecule has 0 aliphatic carbocycles. The fourth-order valence-electron chi connectivity index (χ4n) is 2.85. The molecule has 1 N–H and O–H groups in total. The molecule has 132 valence electrons. The fourth-order valence-corrected chi connectivity index (χ4v) is 2.85. The molecular weight excluding hydrogens is 336 g/mol. The van der Waals surface area contributed by atoms with E-state index in [1.165, 1.54) is 0 Å². The van der Waals surface area contributed by atoms with E-state index in [2.05, 4.69) is 10.3 Å². The van der Waals surface area contributed by atoms with E-state index in [1.807, 2.05) is 78.9 Å². The molecule has 0 aliphatic rings. The number of nitrogens with zero attached hydrogens (tertiary/aromatic N) is 1. The van der Waals surface area contributed by atoms with E-state index >= 15 is 0 Å². The van der Waals surface area contributed by atoms with E-state index in [-0.39, 0.29) is 5.91 Å². The number of fused-ring (bicyclic) bond motifs is 1. The minimum absolute atomic E-state index is 0.166. The van der Waals surface area contributed by atoms with Gasteiger partial charge in [0.15, 0.2) is 0 Å². The monoisotopic (exact) mass is 354 g/mol. The van der Waals surface area contributed by atoms with Gasteiger partial charge in [-0.25, -0.2) is 0 Å². The number of carbonyl (C=O) groups is 1. The Bertz CT molecular complexity index is 1060. The van der Waals surface area contributed by atoms with Gasteiger partial charge in [0.1, 0.15) is 12.4 Å². The van der Waals surface area contributed by atoms with Crippen molar-refractivity contribution in [3.8, 4) is 5.75 Å². The predicted molar refractivity (Wildman–Crippen MR) is 107 cm³/mol. The molecule has 3 aromatic carbocycles. The molecule has 4 aromatic rings. The van der Waals surface area contributed by atoms with E-state index in [1.54, 1.807) is 12.3 Å². The summed E-state index contributed by atoms with van der Waals surface area (Å²) in [6.07, 6.45) is 1.71. The first-order valence-corrected chi connectivity index (χ1v) is 8.71. The number of hydrogen-bond donors (Lipinski definition) is 1. The number of benzene rings is 3. The van der Waals surface area contributed by atoms with Gasteiger partial charge < -0.3 is 10.1 Å². The Morgan fingerprint density at radius 3 is 2.41 bits per heavy atom. The van der Waals surface area contributed by atoms with Crippen molar-refractivity contribution in [1.29, 1.82) is 0 Å². The molecule has 1 amide bonds. The summed E-state index contributed by atoms with van der Waals surface area (Å²) in [7, 11) is 0. The lowest BCUT2D eigenvalue weighted by atomic mass is 10.1. The number of pyridine rings is 1. The van der Waals surface area contributed by atoms with Crippen LogP contribution in [-0.4, -0.2) is 10.9 Å². The third-order valence-corrected chi connectivity index (χ3v) is 4.23. The van der Waals surface area contributed by atoms with Gasteiger partial charge in [-0.3, -0.25) is 9.78 Å². The molecule has 0 radical (unpaired) electrons. The van der Waals surface area contributed by atoms with Crippen LogP contribution in [-0.2, 0) is 6.61 Å². The molecule has 4 heteroatoms. The summed E-state index contributed by atoms with van der Waals surface area (Å²) >= 11 is 0. The van der Waals surface area contributed by atoms with E-state index in [4.69, 9.17) is 4.74 Å². The molecule has 0 unspecified atom stereocenters. The average Bonchev–Trinajstić information content (AvgIpc) is 2.73. The smallest absolute Gasteiger partial charge is 0.255 e. The quantitative estimate of drug-likeness (QED) is 0.545. The molecule has 0 saturated heterocycles. The summed E-state index contributed by atoms with van der Waals surface area (Å²) < 4.78 is 5.99. The van der Waals surface area contributed by atoms with Crippen LogP contribution in [0.2, 0.25) is 0 Å². The number of aromatic nitrogens is 1. The van der Waals surface area contributed by atoms with Crippen LogP contribution in [0.25, 0.3) is 10.9 Å². The Morgan fingerprint density at radius 1 is 0.889 bits per heavy atom. The zero-order chi connectivity index (χ0) is 18.5. The Balaban J connectivity index is 1.59. The Morgan fingerprint density at radius 2 is 1.63 bits per heavy atom. The number of anilines is 1. The number of hydrogen-bond acceptors (Lipinski definition) is 3. The van der Waals surface area contributed by atoms with Gasteiger partial charge in [-0.2, -0.15) is 0 Å². The van der Waals surface area contributed by atoms with Crippen LogP contribution >= 0.6 is 0 Å². The fraction of sp³-hybridized carbons (Fsp3) is 0.0435. The van der Waals surface area contributed by atoms with Crippen LogP contribution in [0, 0.1) is 0 Å². The second-order valence-electron chi connectivity index (χ2n) is 6.14. The van der Waals surface area contributed by atoms with Crippen LogP contribution < -0.4 is 10.1 Å². The van der Waals surface area contributed by atoms with E-state index in [9.17, 15) is 4.79 Å². The summed E-state index contributed by atoms with van der Waals surface area (Å²) in [5.74, 6) is 0.541. The maximum Gasteiger partial charge on any atom is 0.255 e. The lowest BCUT2D eigenvalue weighted by molar-refractivity contribution is 0.102. The van der Waals surface area contributed by atoms with Crippen LogP contribution in [0.1, 0.15) is 15.9 Å². The third kappa shape index (κ3) is 3.96. The molecule has 0 spiro atoms. The van der Waals surface area contributed by atoms with Gasteiger partial charge in [0.2, 0.25) is 0 Å². The van der Waals surface area contributed by atoms with Gasteiger partial charge in [-0.15, -0.1) is 0 Å². The topological polar surface area (TPSA) is 51.2 Å². The van der Waals surface area contributed by atoms with Gasteiger partial charge in [0.25, 0.3) is 5.91 Å². The summed E-state index contributed by atoms with van der Waals surface area (Å²) in [6.45, 7) is 0.459. The normalized spacial score (nSPS) is 10.5. The molecule has 4 nitrogen and oxygen atoms in total. The van der Waals surface area contributed by atoms with Gasteiger partial charge in [0, 0.05) is 22.8 Å². The van der Waals surface area contributed by atoms with Crippen LogP contribution in [0.4, 0.5) is 5.69 Å². The number of ether oxygens (including phenoxy) is 1. The maximum absolute atomic E-state index is 12.6. The Kier molecular flexibility index (Phi) is 4.79. The summed E-state index contributed by atoms with van der Waals surface area (Å²) in [5.41, 5.74) is 3.19. The second-order valence-corrected chi connectivity index (χ2v) is 6.14. The SMILES string of the molecule is O=C(Nc1ccccc1)c1ccc2nccc(OCc3ccccc3)c2c1. The standard InChI is InChI=1S/C23H18N2O2/c26-23(25-19-9-5-2-6-10-19)18-11-12-21-20(15-18)22(13-14-24-21)27-16-17-7-3-1-4-8-17/h1-15H,16H2,(H,25,26). The molecule has 0 atom stereocenters. The van der Waals surface area contributed by atoms with Crippen molar-refractivity contribution in [2.45, 2.75) is 6.61 Å². The van der Waals surface area contributed by atoms with Crippen molar-refractivity contribution in [2.24, 2.45) is 0 Å². The van der Waals surface area contributed by atoms with Crippen LogP contribution in [0.15, 0.2) is 91.1 Å². The highest BCUT2D eigenvalue weighted by Gasteiger charge is 2.10. The Labute approximate surface area is 157 Å². The van der Waals surface area contributed by atoms with Crippen molar-refractivity contribution in [3.63, 3.8) is 0 Å². The van der Waals surface area contributed by atoms with E-state index in [0.29, 0.717) is 17.9 Å². The highest BCUT2D eigenvalue weighted by molar-refractivity contribution is 6.06. The van der Waals surface area contributed by atoms with E-state index in [0.717, 1.165) is 22.2 Å². The average molecular weight is 354 g/mol. The molecule has 0 aliphatic heterocycles. The van der Waals surface area contributed by atoms with Crippen LogP contribution in [0.5, 0.6) is 5.75 Å². The summed E-state index contributed by atoms with van der Waals surface area (Å²) in [6, 6.07) is 26.6. The second kappa shape index (κ2) is 7.70. The zero-order valence-corrected chi connectivity index (χ0v) is 14.6. The van der Waals surface area contributed by atoms with Gasteiger partial charge in [-0.1, -0.05) is 48.5 Å². The minimum Gasteiger partial charge on any atom is -0.488 e. The molecule has 27 heavy (non-hydrogen) atoms. The van der Waals surface area contributed by atoms with E-state index < -0.39 is 0 Å². The van der Waals surface area contributed by atoms with Crippen molar-refractivity contribution in [2.75, 3.05) is 5.32 Å².